The Labute approximate surface area is 194 Å². The molecule has 1 saturated carbocycles. The molecule has 1 aliphatic carbocycles. The first kappa shape index (κ1) is 19.7. The smallest absolute Gasteiger partial charge is 0.198 e. The van der Waals surface area contributed by atoms with Crippen LogP contribution in [0.15, 0.2) is 66.7 Å². The predicted molar refractivity (Wildman–Crippen MR) is 136 cm³/mol. The monoisotopic (exact) mass is 421 g/mol. The highest BCUT2D eigenvalue weighted by Crippen LogP contribution is 2.38. The van der Waals surface area contributed by atoms with E-state index in [0.29, 0.717) is 12.0 Å². The number of aryl methyl sites for hydroxylation is 1. The average Bonchev–Trinajstić information content (AvgIpc) is 2.86. The van der Waals surface area contributed by atoms with Gasteiger partial charge in [-0.3, -0.25) is 0 Å². The van der Waals surface area contributed by atoms with E-state index in [2.05, 4.69) is 87.0 Å². The Morgan fingerprint density at radius 1 is 0.844 bits per heavy atom. The molecule has 0 atom stereocenters. The summed E-state index contributed by atoms with van der Waals surface area (Å²) in [5, 5.41) is 2.19. The third-order valence-electron chi connectivity index (χ3n) is 7.56. The molecule has 0 spiro atoms. The van der Waals surface area contributed by atoms with E-state index in [4.69, 9.17) is 1.37 Å². The lowest BCUT2D eigenvalue weighted by Gasteiger charge is -2.24. The third-order valence-corrected chi connectivity index (χ3v) is 7.56. The van der Waals surface area contributed by atoms with E-state index in [1.165, 1.54) is 71.2 Å². The lowest BCUT2D eigenvalue weighted by molar-refractivity contribution is -0.665. The molecule has 0 aliphatic heterocycles. The second-order valence-corrected chi connectivity index (χ2v) is 9.59. The van der Waals surface area contributed by atoms with Crippen molar-refractivity contribution in [1.29, 1.82) is 0 Å². The largest absolute Gasteiger partial charge is 0.220 e. The molecular formula is C31H34N+. The molecule has 0 unspecified atom stereocenters. The Kier molecular flexibility index (Phi) is 5.27. The SMILES string of the molecule is [2H]c1c(C)[n+](C)c(-c2cc(C3CCCCC3)cc(C)c2C)c2ccc(-c3ccccc3)cc12. The zero-order valence-corrected chi connectivity index (χ0v) is 19.8. The zero-order chi connectivity index (χ0) is 23.1. The zero-order valence-electron chi connectivity index (χ0n) is 20.8. The van der Waals surface area contributed by atoms with E-state index >= 15 is 0 Å². The van der Waals surface area contributed by atoms with Crippen LogP contribution in [-0.4, -0.2) is 0 Å². The summed E-state index contributed by atoms with van der Waals surface area (Å²) in [5.74, 6) is 0.676. The maximum atomic E-state index is 8.93. The summed E-state index contributed by atoms with van der Waals surface area (Å²) < 4.78 is 11.2. The number of rotatable bonds is 3. The second kappa shape index (κ2) is 8.54. The molecule has 1 nitrogen and oxygen atoms in total. The van der Waals surface area contributed by atoms with Gasteiger partial charge >= 0.3 is 0 Å². The molecule has 0 N–H and O–H groups in total. The van der Waals surface area contributed by atoms with Crippen LogP contribution in [0.2, 0.25) is 0 Å². The molecule has 0 bridgehead atoms. The highest BCUT2D eigenvalue weighted by molar-refractivity contribution is 5.96. The first-order chi connectivity index (χ1) is 16.0. The highest BCUT2D eigenvalue weighted by atomic mass is 14.9. The van der Waals surface area contributed by atoms with Crippen molar-refractivity contribution in [3.63, 3.8) is 0 Å². The first-order valence-corrected chi connectivity index (χ1v) is 12.1. The average molecular weight is 422 g/mol. The summed E-state index contributed by atoms with van der Waals surface area (Å²) in [6, 6.07) is 22.6. The minimum atomic E-state index is 0.617. The quantitative estimate of drug-likeness (QED) is 0.295. The van der Waals surface area contributed by atoms with Gasteiger partial charge in [0.25, 0.3) is 0 Å². The number of hydrogen-bond donors (Lipinski definition) is 0. The van der Waals surface area contributed by atoms with Crippen molar-refractivity contribution < 1.29 is 5.94 Å². The Bertz CT molecular complexity index is 1330. The van der Waals surface area contributed by atoms with Crippen LogP contribution in [-0.2, 0) is 7.05 Å². The van der Waals surface area contributed by atoms with Gasteiger partial charge in [0, 0.05) is 13.0 Å². The molecule has 4 aromatic rings. The second-order valence-electron chi connectivity index (χ2n) is 9.59. The van der Waals surface area contributed by atoms with Crippen LogP contribution < -0.4 is 4.57 Å². The molecule has 1 heteroatoms. The molecule has 1 aliphatic rings. The summed E-state index contributed by atoms with van der Waals surface area (Å²) in [5.41, 5.74) is 10.1. The topological polar surface area (TPSA) is 3.88 Å². The van der Waals surface area contributed by atoms with Gasteiger partial charge in [0.15, 0.2) is 5.69 Å². The molecule has 0 amide bonds. The minimum Gasteiger partial charge on any atom is -0.198 e. The van der Waals surface area contributed by atoms with Crippen LogP contribution in [0, 0.1) is 20.8 Å². The Morgan fingerprint density at radius 2 is 1.59 bits per heavy atom. The summed E-state index contributed by atoms with van der Waals surface area (Å²) in [6.45, 7) is 6.59. The summed E-state index contributed by atoms with van der Waals surface area (Å²) in [4.78, 5) is 0. The van der Waals surface area contributed by atoms with Gasteiger partial charge in [-0.1, -0.05) is 61.7 Å². The molecule has 162 valence electrons. The van der Waals surface area contributed by atoms with Gasteiger partial charge in [0.1, 0.15) is 7.05 Å². The molecule has 1 heterocycles. The first-order valence-electron chi connectivity index (χ1n) is 12.6. The van der Waals surface area contributed by atoms with Gasteiger partial charge in [-0.05, 0) is 84.0 Å². The number of pyridine rings is 1. The van der Waals surface area contributed by atoms with Gasteiger partial charge in [-0.2, -0.15) is 4.57 Å². The van der Waals surface area contributed by atoms with Crippen molar-refractivity contribution in [3.05, 3.63) is 89.1 Å². The van der Waals surface area contributed by atoms with E-state index < -0.39 is 0 Å². The van der Waals surface area contributed by atoms with E-state index in [-0.39, 0.29) is 0 Å². The van der Waals surface area contributed by atoms with Crippen molar-refractivity contribution in [2.75, 3.05) is 0 Å². The van der Waals surface area contributed by atoms with Gasteiger partial charge in [-0.25, -0.2) is 0 Å². The number of fused-ring (bicyclic) bond motifs is 1. The van der Waals surface area contributed by atoms with E-state index in [0.717, 1.165) is 16.5 Å². The summed E-state index contributed by atoms with van der Waals surface area (Å²) >= 11 is 0. The van der Waals surface area contributed by atoms with Crippen molar-refractivity contribution in [1.82, 2.24) is 0 Å². The molecule has 0 saturated heterocycles. The molecular weight excluding hydrogens is 386 g/mol. The van der Waals surface area contributed by atoms with Crippen molar-refractivity contribution in [2.45, 2.75) is 58.8 Å². The maximum absolute atomic E-state index is 8.93. The molecule has 5 rings (SSSR count). The Hall–Kier alpha value is -2.93. The lowest BCUT2D eigenvalue weighted by Crippen LogP contribution is -2.35. The van der Waals surface area contributed by atoms with Gasteiger partial charge in [0.2, 0.25) is 5.69 Å². The molecule has 32 heavy (non-hydrogen) atoms. The van der Waals surface area contributed by atoms with Crippen LogP contribution in [0.4, 0.5) is 0 Å². The lowest BCUT2D eigenvalue weighted by atomic mass is 9.81. The summed E-state index contributed by atoms with van der Waals surface area (Å²) in [7, 11) is 2.12. The van der Waals surface area contributed by atoms with Gasteiger partial charge < -0.3 is 0 Å². The third kappa shape index (κ3) is 3.75. The van der Waals surface area contributed by atoms with Gasteiger partial charge in [-0.15, -0.1) is 0 Å². The maximum Gasteiger partial charge on any atom is 0.220 e. The molecule has 3 aromatic carbocycles. The minimum absolute atomic E-state index is 0.617. The molecule has 0 radical (unpaired) electrons. The highest BCUT2D eigenvalue weighted by Gasteiger charge is 2.24. The standard InChI is InChI=1S/C31H34N/c1-21-17-27(25-13-9-6-10-14-25)20-30(23(21)3)31-29-16-15-26(24-11-7-5-8-12-24)19-28(29)18-22(2)32(31)4/h5,7-8,11-12,15-20,25H,6,9-10,13-14H2,1-4H3/q+1/i18D. The van der Waals surface area contributed by atoms with E-state index in [1.54, 1.807) is 0 Å². The van der Waals surface area contributed by atoms with Crippen LogP contribution in [0.1, 0.15) is 61.8 Å². The number of aromatic nitrogens is 1. The van der Waals surface area contributed by atoms with E-state index in [1.807, 2.05) is 6.07 Å². The number of benzene rings is 3. The van der Waals surface area contributed by atoms with Crippen LogP contribution in [0.25, 0.3) is 33.2 Å². The van der Waals surface area contributed by atoms with Gasteiger partial charge in [0.05, 0.1) is 12.3 Å². The normalized spacial score (nSPS) is 15.2. The van der Waals surface area contributed by atoms with Crippen molar-refractivity contribution in [3.8, 4) is 22.4 Å². The fourth-order valence-corrected chi connectivity index (χ4v) is 5.42. The van der Waals surface area contributed by atoms with Crippen LogP contribution >= 0.6 is 0 Å². The molecule has 1 fully saturated rings. The fraction of sp³-hybridized carbons (Fsp3) is 0.323. The predicted octanol–water partition coefficient (Wildman–Crippen LogP) is 7.97. The van der Waals surface area contributed by atoms with E-state index in [9.17, 15) is 0 Å². The summed E-state index contributed by atoms with van der Waals surface area (Å²) in [6.07, 6.45) is 6.68. The number of nitrogens with zero attached hydrogens (tertiary/aromatic N) is 1. The van der Waals surface area contributed by atoms with Crippen LogP contribution in [0.5, 0.6) is 0 Å². The Balaban J connectivity index is 1.75. The molecule has 1 aromatic heterocycles. The van der Waals surface area contributed by atoms with Crippen LogP contribution in [0.3, 0.4) is 0 Å². The van der Waals surface area contributed by atoms with Crippen molar-refractivity contribution >= 4 is 10.8 Å². The number of hydrogen-bond acceptors (Lipinski definition) is 0. The Morgan fingerprint density at radius 3 is 2.34 bits per heavy atom. The van der Waals surface area contributed by atoms with Crippen molar-refractivity contribution in [2.24, 2.45) is 7.05 Å². The fourth-order valence-electron chi connectivity index (χ4n) is 5.42.